The highest BCUT2D eigenvalue weighted by Crippen LogP contribution is 2.29. The van der Waals surface area contributed by atoms with Crippen LogP contribution in [0.2, 0.25) is 0 Å². The lowest BCUT2D eigenvalue weighted by molar-refractivity contribution is 0.787. The smallest absolute Gasteiger partial charge is 0.307 e. The van der Waals surface area contributed by atoms with E-state index in [1.165, 1.54) is 33.7 Å². The van der Waals surface area contributed by atoms with E-state index in [2.05, 4.69) is 42.6 Å². The fraction of sp³-hybridized carbons (Fsp3) is 0.211. The Balaban J connectivity index is 1.76. The molecule has 0 radical (unpaired) electrons. The minimum atomic E-state index is 0.0990. The first-order valence-corrected chi connectivity index (χ1v) is 8.70. The Morgan fingerprint density at radius 3 is 2.96 bits per heavy atom. The molecule has 0 atom stereocenters. The number of rotatable bonds is 3. The number of benzene rings is 2. The average Bonchev–Trinajstić information content (AvgIpc) is 3.16. The normalized spacial score (nSPS) is 12.9. The number of nitrogens with zero attached hydrogens (tertiary/aromatic N) is 1. The molecule has 0 unspecified atom stereocenters. The third-order valence-corrected chi connectivity index (χ3v) is 5.25. The molecule has 0 saturated heterocycles. The van der Waals surface area contributed by atoms with Gasteiger partial charge in [0, 0.05) is 17.6 Å². The first-order valence-electron chi connectivity index (χ1n) is 7.82. The van der Waals surface area contributed by atoms with E-state index in [1.807, 2.05) is 22.1 Å². The van der Waals surface area contributed by atoms with Crippen molar-refractivity contribution >= 4 is 17.0 Å². The third-order valence-electron chi connectivity index (χ3n) is 4.48. The predicted molar refractivity (Wildman–Crippen MR) is 96.5 cm³/mol. The monoisotopic (exact) mass is 322 g/mol. The van der Waals surface area contributed by atoms with Gasteiger partial charge in [-0.3, -0.25) is 9.36 Å². The first-order chi connectivity index (χ1) is 11.2. The van der Waals surface area contributed by atoms with E-state index in [4.69, 9.17) is 0 Å². The summed E-state index contributed by atoms with van der Waals surface area (Å²) >= 11 is 1.28. The molecule has 0 bridgehead atoms. The molecular weight excluding hydrogens is 304 g/mol. The fourth-order valence-electron chi connectivity index (χ4n) is 3.13. The number of aryl methyl sites for hydroxylation is 1. The SMILES string of the molecule is Cc1ccccc1Cn1c(-c2ccc3c(c2)CCN3)csc1=O. The van der Waals surface area contributed by atoms with Crippen molar-refractivity contribution < 1.29 is 0 Å². The van der Waals surface area contributed by atoms with E-state index >= 15 is 0 Å². The van der Waals surface area contributed by atoms with Crippen molar-refractivity contribution in [3.8, 4) is 11.3 Å². The predicted octanol–water partition coefficient (Wildman–Crippen LogP) is 3.90. The minimum absolute atomic E-state index is 0.0990. The zero-order valence-corrected chi connectivity index (χ0v) is 13.8. The van der Waals surface area contributed by atoms with Crippen molar-refractivity contribution in [1.82, 2.24) is 4.57 Å². The quantitative estimate of drug-likeness (QED) is 0.793. The zero-order valence-electron chi connectivity index (χ0n) is 13.0. The summed E-state index contributed by atoms with van der Waals surface area (Å²) in [5.41, 5.74) is 7.10. The van der Waals surface area contributed by atoms with E-state index in [9.17, 15) is 4.79 Å². The van der Waals surface area contributed by atoms with Crippen LogP contribution in [0.15, 0.2) is 52.6 Å². The molecule has 3 nitrogen and oxygen atoms in total. The summed E-state index contributed by atoms with van der Waals surface area (Å²) in [6, 6.07) is 14.7. The molecule has 1 aromatic heterocycles. The van der Waals surface area contributed by atoms with Crippen LogP contribution in [0.1, 0.15) is 16.7 Å². The van der Waals surface area contributed by atoms with E-state index in [-0.39, 0.29) is 4.87 Å². The standard InChI is InChI=1S/C19H18N2OS/c1-13-4-2-3-5-16(13)11-21-18(12-23-19(21)22)15-6-7-17-14(10-15)8-9-20-17/h2-7,10,12,20H,8-9,11H2,1H3. The molecule has 0 aliphatic carbocycles. The third kappa shape index (κ3) is 2.59. The molecule has 2 aromatic carbocycles. The maximum absolute atomic E-state index is 12.3. The van der Waals surface area contributed by atoms with Gasteiger partial charge in [0.25, 0.3) is 0 Å². The number of nitrogens with one attached hydrogen (secondary N) is 1. The summed E-state index contributed by atoms with van der Waals surface area (Å²) in [4.78, 5) is 12.4. The number of hydrogen-bond acceptors (Lipinski definition) is 3. The molecule has 0 fully saturated rings. The highest BCUT2D eigenvalue weighted by molar-refractivity contribution is 7.07. The van der Waals surface area contributed by atoms with Gasteiger partial charge in [0.1, 0.15) is 0 Å². The van der Waals surface area contributed by atoms with Crippen LogP contribution >= 0.6 is 11.3 Å². The molecule has 2 heterocycles. The molecule has 3 aromatic rings. The molecule has 4 rings (SSSR count). The maximum Gasteiger partial charge on any atom is 0.307 e. The van der Waals surface area contributed by atoms with Gasteiger partial charge in [-0.25, -0.2) is 0 Å². The van der Waals surface area contributed by atoms with Crippen molar-refractivity contribution in [3.05, 3.63) is 74.2 Å². The lowest BCUT2D eigenvalue weighted by Crippen LogP contribution is -2.15. The molecule has 23 heavy (non-hydrogen) atoms. The van der Waals surface area contributed by atoms with Crippen LogP contribution in [0.25, 0.3) is 11.3 Å². The second-order valence-electron chi connectivity index (χ2n) is 5.95. The maximum atomic E-state index is 12.3. The molecule has 4 heteroatoms. The lowest BCUT2D eigenvalue weighted by Gasteiger charge is -2.11. The van der Waals surface area contributed by atoms with Gasteiger partial charge >= 0.3 is 4.87 Å². The minimum Gasteiger partial charge on any atom is -0.384 e. The Hall–Kier alpha value is -2.33. The largest absolute Gasteiger partial charge is 0.384 e. The molecule has 0 amide bonds. The summed E-state index contributed by atoms with van der Waals surface area (Å²) in [6.45, 7) is 3.71. The molecule has 1 N–H and O–H groups in total. The van der Waals surface area contributed by atoms with Crippen LogP contribution in [0, 0.1) is 6.92 Å². The van der Waals surface area contributed by atoms with Gasteiger partial charge in [0.15, 0.2) is 0 Å². The van der Waals surface area contributed by atoms with Gasteiger partial charge < -0.3 is 5.32 Å². The molecule has 116 valence electrons. The number of anilines is 1. The second-order valence-corrected chi connectivity index (χ2v) is 6.77. The van der Waals surface area contributed by atoms with Crippen molar-refractivity contribution in [2.24, 2.45) is 0 Å². The van der Waals surface area contributed by atoms with Crippen molar-refractivity contribution in [2.75, 3.05) is 11.9 Å². The summed E-state index contributed by atoms with van der Waals surface area (Å²) in [5.74, 6) is 0. The van der Waals surface area contributed by atoms with Crippen molar-refractivity contribution in [1.29, 1.82) is 0 Å². The van der Waals surface area contributed by atoms with Gasteiger partial charge in [-0.05, 0) is 47.7 Å². The summed E-state index contributed by atoms with van der Waals surface area (Å²) in [6.07, 6.45) is 1.05. The van der Waals surface area contributed by atoms with Crippen LogP contribution in [-0.2, 0) is 13.0 Å². The van der Waals surface area contributed by atoms with Crippen LogP contribution < -0.4 is 10.2 Å². The van der Waals surface area contributed by atoms with E-state index in [0.29, 0.717) is 6.54 Å². The average molecular weight is 322 g/mol. The van der Waals surface area contributed by atoms with Crippen molar-refractivity contribution in [2.45, 2.75) is 19.9 Å². The van der Waals surface area contributed by atoms with Gasteiger partial charge in [-0.2, -0.15) is 0 Å². The van der Waals surface area contributed by atoms with E-state index in [1.54, 1.807) is 0 Å². The van der Waals surface area contributed by atoms with Gasteiger partial charge in [0.2, 0.25) is 0 Å². The molecule has 0 saturated carbocycles. The van der Waals surface area contributed by atoms with Gasteiger partial charge in [-0.15, -0.1) is 0 Å². The second kappa shape index (κ2) is 5.70. The van der Waals surface area contributed by atoms with E-state index in [0.717, 1.165) is 24.2 Å². The van der Waals surface area contributed by atoms with Crippen molar-refractivity contribution in [3.63, 3.8) is 0 Å². The number of fused-ring (bicyclic) bond motifs is 1. The Bertz CT molecular complexity index is 923. The van der Waals surface area contributed by atoms with Gasteiger partial charge in [0.05, 0.1) is 12.2 Å². The Morgan fingerprint density at radius 2 is 2.09 bits per heavy atom. The van der Waals surface area contributed by atoms with E-state index < -0.39 is 0 Å². The summed E-state index contributed by atoms with van der Waals surface area (Å²) in [5, 5.41) is 5.36. The first kappa shape index (κ1) is 14.3. The molecule has 0 spiro atoms. The molecule has 1 aliphatic heterocycles. The number of thiazole rings is 1. The van der Waals surface area contributed by atoms with Crippen LogP contribution in [0.3, 0.4) is 0 Å². The number of aromatic nitrogens is 1. The lowest BCUT2D eigenvalue weighted by atomic mass is 10.1. The fourth-order valence-corrected chi connectivity index (χ4v) is 3.89. The Morgan fingerprint density at radius 1 is 1.22 bits per heavy atom. The summed E-state index contributed by atoms with van der Waals surface area (Å²) < 4.78 is 1.89. The Kier molecular flexibility index (Phi) is 3.54. The number of hydrogen-bond donors (Lipinski definition) is 1. The van der Waals surface area contributed by atoms with Gasteiger partial charge in [-0.1, -0.05) is 41.7 Å². The van der Waals surface area contributed by atoms with Crippen LogP contribution in [0.5, 0.6) is 0 Å². The highest BCUT2D eigenvalue weighted by Gasteiger charge is 2.14. The van der Waals surface area contributed by atoms with Crippen LogP contribution in [-0.4, -0.2) is 11.1 Å². The zero-order chi connectivity index (χ0) is 15.8. The Labute approximate surface area is 139 Å². The topological polar surface area (TPSA) is 34.0 Å². The molecule has 1 aliphatic rings. The molecular formula is C19H18N2OS. The van der Waals surface area contributed by atoms with Crippen LogP contribution in [0.4, 0.5) is 5.69 Å². The summed E-state index contributed by atoms with van der Waals surface area (Å²) in [7, 11) is 0. The highest BCUT2D eigenvalue weighted by atomic mass is 32.1.